The van der Waals surface area contributed by atoms with Gasteiger partial charge in [0.05, 0.1) is 6.61 Å². The number of benzene rings is 1. The van der Waals surface area contributed by atoms with E-state index in [2.05, 4.69) is 14.7 Å². The Morgan fingerprint density at radius 3 is 2.75 bits per heavy atom. The van der Waals surface area contributed by atoms with Gasteiger partial charge in [-0.2, -0.15) is 0 Å². The molecule has 2 rings (SSSR count). The Morgan fingerprint density at radius 2 is 2.15 bits per heavy atom. The Balaban J connectivity index is 1.78. The molecule has 6 nitrogen and oxygen atoms in total. The van der Waals surface area contributed by atoms with Gasteiger partial charge in [0.25, 0.3) is 0 Å². The van der Waals surface area contributed by atoms with Gasteiger partial charge in [0.2, 0.25) is 0 Å². The van der Waals surface area contributed by atoms with Crippen molar-refractivity contribution < 1.29 is 9.94 Å². The molecule has 20 heavy (non-hydrogen) atoms. The van der Waals surface area contributed by atoms with Crippen molar-refractivity contribution >= 4 is 5.84 Å². The first kappa shape index (κ1) is 13.9. The molecule has 3 N–H and O–H groups in total. The topological polar surface area (TPSA) is 85.7 Å². The molecule has 2 aromatic rings. The highest BCUT2D eigenvalue weighted by Crippen LogP contribution is 2.12. The van der Waals surface area contributed by atoms with Crippen LogP contribution < -0.4 is 10.5 Å². The zero-order valence-electron chi connectivity index (χ0n) is 11.4. The van der Waals surface area contributed by atoms with Gasteiger partial charge in [-0.05, 0) is 37.6 Å². The van der Waals surface area contributed by atoms with Crippen molar-refractivity contribution in [3.8, 4) is 5.75 Å². The third kappa shape index (κ3) is 3.50. The van der Waals surface area contributed by atoms with E-state index in [1.54, 1.807) is 30.5 Å². The quantitative estimate of drug-likeness (QED) is 0.276. The van der Waals surface area contributed by atoms with Gasteiger partial charge in [-0.1, -0.05) is 5.16 Å². The molecule has 0 fully saturated rings. The SMILES string of the molecule is Cc1nccn1CCCOc1ccc(C(N)=NO)cc1. The molecule has 106 valence electrons. The predicted molar refractivity (Wildman–Crippen MR) is 76.0 cm³/mol. The number of nitrogens with zero attached hydrogens (tertiary/aromatic N) is 3. The summed E-state index contributed by atoms with van der Waals surface area (Å²) in [6.45, 7) is 3.49. The summed E-state index contributed by atoms with van der Waals surface area (Å²) >= 11 is 0. The molecule has 0 amide bonds. The predicted octanol–water partition coefficient (Wildman–Crippen LogP) is 1.76. The molecule has 6 heteroatoms. The highest BCUT2D eigenvalue weighted by atomic mass is 16.5. The molecule has 0 unspecified atom stereocenters. The van der Waals surface area contributed by atoms with Crippen molar-refractivity contribution in [2.75, 3.05) is 6.61 Å². The van der Waals surface area contributed by atoms with Crippen molar-refractivity contribution in [3.05, 3.63) is 48.0 Å². The van der Waals surface area contributed by atoms with Crippen LogP contribution in [0.15, 0.2) is 41.8 Å². The van der Waals surface area contributed by atoms with Crippen molar-refractivity contribution in [3.63, 3.8) is 0 Å². The van der Waals surface area contributed by atoms with Gasteiger partial charge in [-0.15, -0.1) is 0 Å². The molecule has 0 atom stereocenters. The van der Waals surface area contributed by atoms with Crippen molar-refractivity contribution in [2.24, 2.45) is 10.9 Å². The van der Waals surface area contributed by atoms with Crippen LogP contribution in [0.5, 0.6) is 5.75 Å². The molecule has 0 saturated carbocycles. The number of aromatic nitrogens is 2. The summed E-state index contributed by atoms with van der Waals surface area (Å²) in [6.07, 6.45) is 4.66. The number of amidine groups is 1. The largest absolute Gasteiger partial charge is 0.494 e. The zero-order chi connectivity index (χ0) is 14.4. The fraction of sp³-hybridized carbons (Fsp3) is 0.286. The normalized spacial score (nSPS) is 11.6. The van der Waals surface area contributed by atoms with E-state index in [0.717, 1.165) is 24.5 Å². The smallest absolute Gasteiger partial charge is 0.170 e. The number of imidazole rings is 1. The minimum absolute atomic E-state index is 0.0899. The second-order valence-electron chi connectivity index (χ2n) is 4.38. The minimum atomic E-state index is 0.0899. The van der Waals surface area contributed by atoms with E-state index >= 15 is 0 Å². The highest BCUT2D eigenvalue weighted by Gasteiger charge is 2.00. The first-order chi connectivity index (χ1) is 9.70. The summed E-state index contributed by atoms with van der Waals surface area (Å²) in [5.41, 5.74) is 6.15. The molecule has 0 saturated heterocycles. The van der Waals surface area contributed by atoms with E-state index in [4.69, 9.17) is 15.7 Å². The number of oxime groups is 1. The lowest BCUT2D eigenvalue weighted by Crippen LogP contribution is -2.12. The van der Waals surface area contributed by atoms with Crippen LogP contribution in [0.25, 0.3) is 0 Å². The van der Waals surface area contributed by atoms with Crippen molar-refractivity contribution in [1.29, 1.82) is 0 Å². The van der Waals surface area contributed by atoms with Crippen LogP contribution in [0.4, 0.5) is 0 Å². The first-order valence-electron chi connectivity index (χ1n) is 6.39. The maximum Gasteiger partial charge on any atom is 0.170 e. The monoisotopic (exact) mass is 274 g/mol. The number of hydrogen-bond donors (Lipinski definition) is 2. The summed E-state index contributed by atoms with van der Waals surface area (Å²) in [4.78, 5) is 4.17. The van der Waals surface area contributed by atoms with Crippen LogP contribution in [0.3, 0.4) is 0 Å². The third-order valence-electron chi connectivity index (χ3n) is 2.99. The zero-order valence-corrected chi connectivity index (χ0v) is 11.4. The fourth-order valence-electron chi connectivity index (χ4n) is 1.84. The van der Waals surface area contributed by atoms with Gasteiger partial charge in [0, 0.05) is 24.5 Å². The number of nitrogens with two attached hydrogens (primary N) is 1. The van der Waals surface area contributed by atoms with Crippen LogP contribution in [0, 0.1) is 6.92 Å². The number of hydrogen-bond acceptors (Lipinski definition) is 4. The maximum absolute atomic E-state index is 8.57. The van der Waals surface area contributed by atoms with E-state index in [-0.39, 0.29) is 5.84 Å². The van der Waals surface area contributed by atoms with E-state index in [9.17, 15) is 0 Å². The van der Waals surface area contributed by atoms with Crippen molar-refractivity contribution in [1.82, 2.24) is 9.55 Å². The Kier molecular flexibility index (Phi) is 4.60. The Bertz CT molecular complexity index is 575. The molecule has 1 aromatic heterocycles. The molecule has 1 heterocycles. The Hall–Kier alpha value is -2.50. The van der Waals surface area contributed by atoms with Crippen molar-refractivity contribution in [2.45, 2.75) is 19.9 Å². The molecule has 1 aromatic carbocycles. The molecule has 0 aliphatic rings. The van der Waals surface area contributed by atoms with Crippen LogP contribution in [0.2, 0.25) is 0 Å². The molecular formula is C14H18N4O2. The average molecular weight is 274 g/mol. The lowest BCUT2D eigenvalue weighted by molar-refractivity contribution is 0.301. The highest BCUT2D eigenvalue weighted by molar-refractivity contribution is 5.97. The fourth-order valence-corrected chi connectivity index (χ4v) is 1.84. The molecule has 0 bridgehead atoms. The molecule has 0 spiro atoms. The Morgan fingerprint density at radius 1 is 1.40 bits per heavy atom. The molecule has 0 radical (unpaired) electrons. The molecule has 0 aliphatic carbocycles. The van der Waals surface area contributed by atoms with E-state index in [0.29, 0.717) is 12.2 Å². The van der Waals surface area contributed by atoms with Crippen LogP contribution >= 0.6 is 0 Å². The van der Waals surface area contributed by atoms with Crippen LogP contribution in [-0.2, 0) is 6.54 Å². The number of rotatable bonds is 6. The summed E-state index contributed by atoms with van der Waals surface area (Å²) in [6, 6.07) is 7.11. The van der Waals surface area contributed by atoms with Crippen LogP contribution in [-0.4, -0.2) is 27.2 Å². The maximum atomic E-state index is 8.57. The van der Waals surface area contributed by atoms with E-state index < -0.39 is 0 Å². The summed E-state index contributed by atoms with van der Waals surface area (Å²) in [5.74, 6) is 1.86. The third-order valence-corrected chi connectivity index (χ3v) is 2.99. The van der Waals surface area contributed by atoms with Gasteiger partial charge in [0.15, 0.2) is 5.84 Å². The standard InChI is InChI=1S/C14H18N4O2/c1-11-16-7-9-18(11)8-2-10-20-13-5-3-12(4-6-13)14(15)17-19/h3-7,9,19H,2,8,10H2,1H3,(H2,15,17). The molecular weight excluding hydrogens is 256 g/mol. The number of ether oxygens (including phenoxy) is 1. The molecule has 0 aliphatic heterocycles. The lowest BCUT2D eigenvalue weighted by Gasteiger charge is -2.08. The summed E-state index contributed by atoms with van der Waals surface area (Å²) in [7, 11) is 0. The second kappa shape index (κ2) is 6.60. The number of aryl methyl sites for hydroxylation is 2. The van der Waals surface area contributed by atoms with Crippen LogP contribution in [0.1, 0.15) is 17.8 Å². The van der Waals surface area contributed by atoms with E-state index in [1.807, 2.05) is 13.1 Å². The van der Waals surface area contributed by atoms with E-state index in [1.165, 1.54) is 0 Å². The summed E-state index contributed by atoms with van der Waals surface area (Å²) < 4.78 is 7.72. The summed E-state index contributed by atoms with van der Waals surface area (Å²) in [5, 5.41) is 11.5. The average Bonchev–Trinajstić information content (AvgIpc) is 2.89. The second-order valence-corrected chi connectivity index (χ2v) is 4.38. The first-order valence-corrected chi connectivity index (χ1v) is 6.39. The lowest BCUT2D eigenvalue weighted by atomic mass is 10.2. The minimum Gasteiger partial charge on any atom is -0.494 e. The van der Waals surface area contributed by atoms with Gasteiger partial charge in [-0.25, -0.2) is 4.98 Å². The van der Waals surface area contributed by atoms with Gasteiger partial charge < -0.3 is 20.2 Å². The van der Waals surface area contributed by atoms with Gasteiger partial charge in [-0.3, -0.25) is 0 Å². The van der Waals surface area contributed by atoms with Gasteiger partial charge >= 0.3 is 0 Å². The van der Waals surface area contributed by atoms with Gasteiger partial charge in [0.1, 0.15) is 11.6 Å². The Labute approximate surface area is 117 Å².